The van der Waals surface area contributed by atoms with Crippen LogP contribution in [-0.4, -0.2) is 76.8 Å². The molecule has 1 aliphatic carbocycles. The van der Waals surface area contributed by atoms with Crippen LogP contribution in [0.1, 0.15) is 53.9 Å². The Morgan fingerprint density at radius 2 is 1.57 bits per heavy atom. The van der Waals surface area contributed by atoms with Gasteiger partial charge in [-0.25, -0.2) is 13.2 Å². The molecule has 1 aliphatic heterocycles. The molecule has 0 aromatic heterocycles. The Morgan fingerprint density at radius 3 is 2.10 bits per heavy atom. The number of carbonyl (C=O) groups is 2. The van der Waals surface area contributed by atoms with Gasteiger partial charge in [0.25, 0.3) is 15.9 Å². The number of amides is 1. The number of benzene rings is 2. The van der Waals surface area contributed by atoms with E-state index in [-0.39, 0.29) is 10.8 Å². The topological polar surface area (TPSA) is 119 Å². The van der Waals surface area contributed by atoms with Crippen LogP contribution in [0.5, 0.6) is 0 Å². The van der Waals surface area contributed by atoms with Crippen molar-refractivity contribution in [1.82, 2.24) is 10.2 Å². The predicted octanol–water partition coefficient (Wildman–Crippen LogP) is 4.28. The molecule has 1 saturated carbocycles. The van der Waals surface area contributed by atoms with Crippen molar-refractivity contribution in [3.05, 3.63) is 53.6 Å². The summed E-state index contributed by atoms with van der Waals surface area (Å²) in [5.74, 6) is -2.40. The van der Waals surface area contributed by atoms with Gasteiger partial charge in [-0.1, -0.05) is 31.4 Å². The van der Waals surface area contributed by atoms with Crippen LogP contribution in [0.2, 0.25) is 0 Å². The van der Waals surface area contributed by atoms with Crippen LogP contribution < -0.4 is 14.9 Å². The van der Waals surface area contributed by atoms with Crippen molar-refractivity contribution in [3.8, 4) is 0 Å². The van der Waals surface area contributed by atoms with Crippen molar-refractivity contribution < 1.29 is 36.3 Å². The molecule has 0 atom stereocenters. The number of carboxylic acids is 1. The molecule has 0 spiro atoms. The first-order valence-electron chi connectivity index (χ1n) is 13.0. The quantitative estimate of drug-likeness (QED) is 0.464. The number of anilines is 2. The van der Waals surface area contributed by atoms with Crippen LogP contribution in [-0.2, 0) is 14.8 Å². The summed E-state index contributed by atoms with van der Waals surface area (Å²) in [6, 6.07) is 12.6. The fourth-order valence-electron chi connectivity index (χ4n) is 4.75. The van der Waals surface area contributed by atoms with E-state index in [4.69, 9.17) is 9.90 Å². The Labute approximate surface area is 232 Å². The largest absolute Gasteiger partial charge is 0.490 e. The van der Waals surface area contributed by atoms with Gasteiger partial charge in [-0.05, 0) is 54.7 Å². The molecule has 0 radical (unpaired) electrons. The highest BCUT2D eigenvalue weighted by Crippen LogP contribution is 2.34. The molecule has 2 aromatic carbocycles. The number of nitrogens with zero attached hydrogens (tertiary/aromatic N) is 2. The number of sulfonamides is 1. The van der Waals surface area contributed by atoms with E-state index in [2.05, 4.69) is 14.9 Å². The van der Waals surface area contributed by atoms with Crippen molar-refractivity contribution in [2.75, 3.05) is 49.9 Å². The number of rotatable bonds is 6. The van der Waals surface area contributed by atoms with Crippen LogP contribution in [0.3, 0.4) is 0 Å². The SMILES string of the molecule is CN(C)C(=O)c1ccc(N2CCNCC2)c(NS(=O)(=O)c2ccc(C3CCCCC3)cc2)c1.O=C(O)C(F)(F)F. The van der Waals surface area contributed by atoms with Crippen LogP contribution in [0, 0.1) is 0 Å². The minimum absolute atomic E-state index is 0.167. The molecule has 2 aromatic rings. The molecule has 3 N–H and O–H groups in total. The minimum Gasteiger partial charge on any atom is -0.475 e. The standard InChI is InChI=1S/C25H34N4O3S.C2HF3O2/c1-28(2)25(30)21-10-13-24(29-16-14-26-15-17-29)23(18-21)27-33(31,32)22-11-8-20(9-12-22)19-6-4-3-5-7-19;3-2(4,5)1(6)7/h8-13,18-19,26-27H,3-7,14-17H2,1-2H3;(H,6,7). The van der Waals surface area contributed by atoms with Gasteiger partial charge in [0.2, 0.25) is 0 Å². The van der Waals surface area contributed by atoms with Gasteiger partial charge >= 0.3 is 12.1 Å². The van der Waals surface area contributed by atoms with Crippen molar-refractivity contribution in [1.29, 1.82) is 0 Å². The lowest BCUT2D eigenvalue weighted by atomic mass is 9.84. The Hall–Kier alpha value is -3.32. The van der Waals surface area contributed by atoms with E-state index in [9.17, 15) is 26.4 Å². The number of nitrogens with one attached hydrogen (secondary N) is 2. The Kier molecular flexibility index (Phi) is 10.4. The highest BCUT2D eigenvalue weighted by molar-refractivity contribution is 7.92. The van der Waals surface area contributed by atoms with Gasteiger partial charge in [-0.3, -0.25) is 9.52 Å². The lowest BCUT2D eigenvalue weighted by Gasteiger charge is -2.31. The van der Waals surface area contributed by atoms with Gasteiger partial charge in [-0.2, -0.15) is 13.2 Å². The van der Waals surface area contributed by atoms with Gasteiger partial charge < -0.3 is 20.2 Å². The molecule has 220 valence electrons. The molecule has 1 amide bonds. The third-order valence-electron chi connectivity index (χ3n) is 6.86. The Balaban J connectivity index is 0.000000559. The third-order valence-corrected chi connectivity index (χ3v) is 8.24. The van der Waals surface area contributed by atoms with E-state index in [0.29, 0.717) is 17.2 Å². The molecule has 0 bridgehead atoms. The van der Waals surface area contributed by atoms with E-state index >= 15 is 0 Å². The fraction of sp³-hybridized carbons (Fsp3) is 0.481. The van der Waals surface area contributed by atoms with E-state index in [1.165, 1.54) is 42.6 Å². The van der Waals surface area contributed by atoms with Gasteiger partial charge in [-0.15, -0.1) is 0 Å². The molecule has 1 heterocycles. The average molecular weight is 585 g/mol. The second-order valence-electron chi connectivity index (χ2n) is 9.98. The molecule has 13 heteroatoms. The number of carboxylic acid groups (broad SMARTS) is 1. The zero-order valence-corrected chi connectivity index (χ0v) is 23.3. The molecule has 2 fully saturated rings. The summed E-state index contributed by atoms with van der Waals surface area (Å²) in [6.45, 7) is 3.19. The van der Waals surface area contributed by atoms with Gasteiger partial charge in [0.05, 0.1) is 16.3 Å². The number of halogens is 3. The normalized spacial score (nSPS) is 16.5. The molecule has 2 aliphatic rings. The third kappa shape index (κ3) is 8.34. The number of aliphatic carboxylic acids is 1. The maximum Gasteiger partial charge on any atom is 0.490 e. The maximum atomic E-state index is 13.3. The number of alkyl halides is 3. The Morgan fingerprint density at radius 1 is 1.00 bits per heavy atom. The minimum atomic E-state index is -5.08. The monoisotopic (exact) mass is 584 g/mol. The second-order valence-corrected chi connectivity index (χ2v) is 11.7. The summed E-state index contributed by atoms with van der Waals surface area (Å²) in [4.78, 5) is 25.3. The summed E-state index contributed by atoms with van der Waals surface area (Å²) >= 11 is 0. The molecular formula is C27H35F3N4O5S. The predicted molar refractivity (Wildman–Crippen MR) is 146 cm³/mol. The highest BCUT2D eigenvalue weighted by Gasteiger charge is 2.38. The molecule has 40 heavy (non-hydrogen) atoms. The molecule has 0 unspecified atom stereocenters. The number of hydrogen-bond donors (Lipinski definition) is 3. The van der Waals surface area contributed by atoms with Gasteiger partial charge in [0.15, 0.2) is 0 Å². The first kappa shape index (κ1) is 31.2. The highest BCUT2D eigenvalue weighted by atomic mass is 32.2. The summed E-state index contributed by atoms with van der Waals surface area (Å²) in [6.07, 6.45) is 1.03. The number of piperazine rings is 1. The zero-order chi connectivity index (χ0) is 29.5. The molecule has 9 nitrogen and oxygen atoms in total. The van der Waals surface area contributed by atoms with Crippen molar-refractivity contribution >= 4 is 33.3 Å². The number of carbonyl (C=O) groups excluding carboxylic acids is 1. The molecule has 4 rings (SSSR count). The molecule has 1 saturated heterocycles. The van der Waals surface area contributed by atoms with Crippen LogP contribution in [0.4, 0.5) is 24.5 Å². The summed E-state index contributed by atoms with van der Waals surface area (Å²) in [5.41, 5.74) is 2.88. The summed E-state index contributed by atoms with van der Waals surface area (Å²) in [7, 11) is -0.432. The van der Waals surface area contributed by atoms with E-state index in [1.54, 1.807) is 38.4 Å². The molecular weight excluding hydrogens is 549 g/mol. The lowest BCUT2D eigenvalue weighted by molar-refractivity contribution is -0.192. The second kappa shape index (κ2) is 13.4. The van der Waals surface area contributed by atoms with E-state index < -0.39 is 22.2 Å². The van der Waals surface area contributed by atoms with E-state index in [1.807, 2.05) is 18.2 Å². The van der Waals surface area contributed by atoms with Crippen molar-refractivity contribution in [2.45, 2.75) is 49.1 Å². The maximum absolute atomic E-state index is 13.3. The van der Waals surface area contributed by atoms with Crippen LogP contribution in [0.15, 0.2) is 47.4 Å². The van der Waals surface area contributed by atoms with Gasteiger partial charge in [0.1, 0.15) is 0 Å². The smallest absolute Gasteiger partial charge is 0.475 e. The van der Waals surface area contributed by atoms with Crippen LogP contribution >= 0.6 is 0 Å². The summed E-state index contributed by atoms with van der Waals surface area (Å²) in [5, 5.41) is 10.4. The van der Waals surface area contributed by atoms with Crippen LogP contribution in [0.25, 0.3) is 0 Å². The first-order valence-corrected chi connectivity index (χ1v) is 14.5. The number of hydrogen-bond acceptors (Lipinski definition) is 6. The lowest BCUT2D eigenvalue weighted by Crippen LogP contribution is -2.43. The summed E-state index contributed by atoms with van der Waals surface area (Å²) < 4.78 is 61.1. The van der Waals surface area contributed by atoms with Crippen molar-refractivity contribution in [3.63, 3.8) is 0 Å². The first-order chi connectivity index (χ1) is 18.8. The fourth-order valence-corrected chi connectivity index (χ4v) is 5.81. The van der Waals surface area contributed by atoms with Gasteiger partial charge in [0, 0.05) is 45.8 Å². The average Bonchev–Trinajstić information content (AvgIpc) is 2.93. The van der Waals surface area contributed by atoms with E-state index in [0.717, 1.165) is 31.9 Å². The van der Waals surface area contributed by atoms with Crippen molar-refractivity contribution in [2.24, 2.45) is 0 Å². The Bertz CT molecular complexity index is 1270. The zero-order valence-electron chi connectivity index (χ0n) is 22.5.